The number of rotatable bonds is 8. The minimum atomic E-state index is -0.558. The molecule has 0 bridgehead atoms. The summed E-state index contributed by atoms with van der Waals surface area (Å²) in [6.45, 7) is 2.39. The van der Waals surface area contributed by atoms with Gasteiger partial charge in [0.25, 0.3) is 0 Å². The molecule has 108 valence electrons. The molecule has 2 aromatic rings. The average Bonchev–Trinajstić information content (AvgIpc) is 2.96. The number of hydrogen-bond acceptors (Lipinski definition) is 3. The van der Waals surface area contributed by atoms with E-state index >= 15 is 0 Å². The highest BCUT2D eigenvalue weighted by molar-refractivity contribution is 6.31. The second-order valence-corrected chi connectivity index (χ2v) is 5.16. The first-order chi connectivity index (χ1) is 9.77. The monoisotopic (exact) mass is 293 g/mol. The molecule has 0 aliphatic heterocycles. The number of nitrogens with zero attached hydrogens (tertiary/aromatic N) is 2. The van der Waals surface area contributed by atoms with E-state index in [0.717, 1.165) is 31.5 Å². The summed E-state index contributed by atoms with van der Waals surface area (Å²) in [4.78, 5) is 4.00. The first kappa shape index (κ1) is 15.0. The molecule has 2 rings (SSSR count). The lowest BCUT2D eigenvalue weighted by molar-refractivity contribution is 0.175. The van der Waals surface area contributed by atoms with Crippen molar-refractivity contribution in [2.24, 2.45) is 0 Å². The van der Waals surface area contributed by atoms with Gasteiger partial charge in [-0.2, -0.15) is 0 Å². The number of imidazole rings is 1. The van der Waals surface area contributed by atoms with Crippen LogP contribution in [0.5, 0.6) is 0 Å². The van der Waals surface area contributed by atoms with Gasteiger partial charge in [-0.15, -0.1) is 0 Å². The Kier molecular flexibility index (Phi) is 6.05. The Labute approximate surface area is 124 Å². The third kappa shape index (κ3) is 4.63. The zero-order chi connectivity index (χ0) is 14.2. The number of unbranched alkanes of at least 4 members (excludes halogenated alkanes) is 1. The summed E-state index contributed by atoms with van der Waals surface area (Å²) < 4.78 is 2.07. The second-order valence-electron chi connectivity index (χ2n) is 4.75. The molecule has 0 spiro atoms. The Morgan fingerprint density at radius 2 is 2.15 bits per heavy atom. The summed E-state index contributed by atoms with van der Waals surface area (Å²) in [5.41, 5.74) is 0.778. The van der Waals surface area contributed by atoms with E-state index in [0.29, 0.717) is 11.6 Å². The van der Waals surface area contributed by atoms with Crippen molar-refractivity contribution < 1.29 is 5.11 Å². The Balaban J connectivity index is 1.60. The van der Waals surface area contributed by atoms with Gasteiger partial charge < -0.3 is 15.0 Å². The highest BCUT2D eigenvalue weighted by atomic mass is 35.5. The van der Waals surface area contributed by atoms with Gasteiger partial charge in [0.05, 0.1) is 12.4 Å². The normalized spacial score (nSPS) is 12.5. The molecule has 20 heavy (non-hydrogen) atoms. The molecule has 0 saturated heterocycles. The lowest BCUT2D eigenvalue weighted by Gasteiger charge is -2.13. The van der Waals surface area contributed by atoms with Crippen LogP contribution in [0.4, 0.5) is 0 Å². The molecule has 0 aliphatic carbocycles. The zero-order valence-corrected chi connectivity index (χ0v) is 12.1. The van der Waals surface area contributed by atoms with E-state index in [1.54, 1.807) is 12.3 Å². The minimum Gasteiger partial charge on any atom is -0.387 e. The third-order valence-electron chi connectivity index (χ3n) is 3.18. The summed E-state index contributed by atoms with van der Waals surface area (Å²) in [7, 11) is 0. The zero-order valence-electron chi connectivity index (χ0n) is 11.4. The van der Waals surface area contributed by atoms with Crippen molar-refractivity contribution in [1.29, 1.82) is 0 Å². The Morgan fingerprint density at radius 3 is 2.90 bits per heavy atom. The fourth-order valence-electron chi connectivity index (χ4n) is 2.06. The van der Waals surface area contributed by atoms with Crippen molar-refractivity contribution in [1.82, 2.24) is 14.9 Å². The number of aliphatic hydroxyl groups is 1. The van der Waals surface area contributed by atoms with Gasteiger partial charge in [0.1, 0.15) is 0 Å². The van der Waals surface area contributed by atoms with Crippen LogP contribution in [0.25, 0.3) is 0 Å². The van der Waals surface area contributed by atoms with Gasteiger partial charge in [0.15, 0.2) is 0 Å². The molecule has 1 aromatic carbocycles. The summed E-state index contributed by atoms with van der Waals surface area (Å²) in [6, 6.07) is 7.40. The van der Waals surface area contributed by atoms with Gasteiger partial charge in [-0.05, 0) is 25.5 Å². The van der Waals surface area contributed by atoms with Gasteiger partial charge in [-0.25, -0.2) is 4.98 Å². The van der Waals surface area contributed by atoms with E-state index in [2.05, 4.69) is 14.9 Å². The molecular weight excluding hydrogens is 274 g/mol. The Bertz CT molecular complexity index is 502. The number of aryl methyl sites for hydroxylation is 1. The number of hydrogen-bond donors (Lipinski definition) is 2. The van der Waals surface area contributed by atoms with Crippen molar-refractivity contribution >= 4 is 11.6 Å². The first-order valence-corrected chi connectivity index (χ1v) is 7.24. The highest BCUT2D eigenvalue weighted by Gasteiger charge is 2.09. The van der Waals surface area contributed by atoms with Crippen LogP contribution in [0.3, 0.4) is 0 Å². The first-order valence-electron chi connectivity index (χ1n) is 6.86. The molecule has 5 heteroatoms. The van der Waals surface area contributed by atoms with Gasteiger partial charge >= 0.3 is 0 Å². The molecule has 0 aliphatic rings. The topological polar surface area (TPSA) is 50.1 Å². The standard InChI is InChI=1S/C15H20ClN3O/c16-14-6-2-1-5-13(14)15(20)11-17-7-3-4-9-19-10-8-18-12-19/h1-2,5-6,8,10,12,15,17,20H,3-4,7,9,11H2. The summed E-state index contributed by atoms with van der Waals surface area (Å²) in [5.74, 6) is 0. The predicted molar refractivity (Wildman–Crippen MR) is 80.7 cm³/mol. The van der Waals surface area contributed by atoms with E-state index in [-0.39, 0.29) is 0 Å². The predicted octanol–water partition coefficient (Wildman–Crippen LogP) is 2.64. The molecule has 0 saturated carbocycles. The van der Waals surface area contributed by atoms with Crippen molar-refractivity contribution in [2.45, 2.75) is 25.5 Å². The summed E-state index contributed by atoms with van der Waals surface area (Å²) >= 11 is 6.04. The van der Waals surface area contributed by atoms with Crippen molar-refractivity contribution in [3.05, 3.63) is 53.6 Å². The molecular formula is C15H20ClN3O. The average molecular weight is 294 g/mol. The minimum absolute atomic E-state index is 0.523. The number of aromatic nitrogens is 2. The SMILES string of the molecule is OC(CNCCCCn1ccnc1)c1ccccc1Cl. The largest absolute Gasteiger partial charge is 0.387 e. The molecule has 4 nitrogen and oxygen atoms in total. The number of benzene rings is 1. The molecule has 1 atom stereocenters. The maximum atomic E-state index is 10.0. The quantitative estimate of drug-likeness (QED) is 0.736. The van der Waals surface area contributed by atoms with Crippen LogP contribution in [0.15, 0.2) is 43.0 Å². The molecule has 0 amide bonds. The lowest BCUT2D eigenvalue weighted by atomic mass is 10.1. The fourth-order valence-corrected chi connectivity index (χ4v) is 2.32. The van der Waals surface area contributed by atoms with Crippen LogP contribution in [0.2, 0.25) is 5.02 Å². The number of nitrogens with one attached hydrogen (secondary N) is 1. The molecule has 0 radical (unpaired) electrons. The fraction of sp³-hybridized carbons (Fsp3) is 0.400. The van der Waals surface area contributed by atoms with Gasteiger partial charge in [-0.1, -0.05) is 29.8 Å². The molecule has 0 fully saturated rings. The van der Waals surface area contributed by atoms with Crippen LogP contribution >= 0.6 is 11.6 Å². The lowest BCUT2D eigenvalue weighted by Crippen LogP contribution is -2.22. The van der Waals surface area contributed by atoms with Crippen LogP contribution in [-0.4, -0.2) is 27.7 Å². The number of halogens is 1. The summed E-state index contributed by atoms with van der Waals surface area (Å²) in [5, 5.41) is 13.9. The molecule has 2 N–H and O–H groups in total. The van der Waals surface area contributed by atoms with E-state index in [1.807, 2.05) is 30.7 Å². The maximum absolute atomic E-state index is 10.0. The van der Waals surface area contributed by atoms with Crippen LogP contribution in [0.1, 0.15) is 24.5 Å². The van der Waals surface area contributed by atoms with E-state index in [4.69, 9.17) is 11.6 Å². The maximum Gasteiger partial charge on any atom is 0.0945 e. The number of aliphatic hydroxyl groups excluding tert-OH is 1. The van der Waals surface area contributed by atoms with E-state index in [1.165, 1.54) is 0 Å². The van der Waals surface area contributed by atoms with Crippen LogP contribution < -0.4 is 5.32 Å². The van der Waals surface area contributed by atoms with Crippen molar-refractivity contribution in [3.63, 3.8) is 0 Å². The Morgan fingerprint density at radius 1 is 1.30 bits per heavy atom. The van der Waals surface area contributed by atoms with Gasteiger partial charge in [-0.3, -0.25) is 0 Å². The smallest absolute Gasteiger partial charge is 0.0945 e. The van der Waals surface area contributed by atoms with Gasteiger partial charge in [0, 0.05) is 36.1 Å². The summed E-state index contributed by atoms with van der Waals surface area (Å²) in [6.07, 6.45) is 7.18. The third-order valence-corrected chi connectivity index (χ3v) is 3.53. The van der Waals surface area contributed by atoms with E-state index < -0.39 is 6.10 Å². The molecule has 1 aromatic heterocycles. The molecule has 1 unspecified atom stereocenters. The van der Waals surface area contributed by atoms with Crippen molar-refractivity contribution in [3.8, 4) is 0 Å². The van der Waals surface area contributed by atoms with E-state index in [9.17, 15) is 5.11 Å². The second kappa shape index (κ2) is 8.04. The van der Waals surface area contributed by atoms with Gasteiger partial charge in [0.2, 0.25) is 0 Å². The highest BCUT2D eigenvalue weighted by Crippen LogP contribution is 2.21. The van der Waals surface area contributed by atoms with Crippen molar-refractivity contribution in [2.75, 3.05) is 13.1 Å². The molecule has 1 heterocycles. The van der Waals surface area contributed by atoms with Crippen LogP contribution in [-0.2, 0) is 6.54 Å². The van der Waals surface area contributed by atoms with Crippen LogP contribution in [0, 0.1) is 0 Å². The Hall–Kier alpha value is -1.36.